The first kappa shape index (κ1) is 18.5. The summed E-state index contributed by atoms with van der Waals surface area (Å²) < 4.78 is 0. The topological polar surface area (TPSA) is 86.9 Å². The number of H-pyrrole nitrogens is 1. The fourth-order valence-corrected chi connectivity index (χ4v) is 3.02. The Kier molecular flexibility index (Phi) is 7.77. The lowest BCUT2D eigenvalue weighted by molar-refractivity contribution is -0.120. The molecular formula is C17H24N4O2S. The number of amides is 1. The summed E-state index contributed by atoms with van der Waals surface area (Å²) >= 11 is 1.59. The molecule has 0 fully saturated rings. The van der Waals surface area contributed by atoms with Gasteiger partial charge >= 0.3 is 0 Å². The van der Waals surface area contributed by atoms with Gasteiger partial charge in [-0.05, 0) is 25.1 Å². The monoisotopic (exact) mass is 348 g/mol. The van der Waals surface area contributed by atoms with Gasteiger partial charge in [-0.15, -0.1) is 0 Å². The van der Waals surface area contributed by atoms with Crippen molar-refractivity contribution in [2.45, 2.75) is 25.5 Å². The summed E-state index contributed by atoms with van der Waals surface area (Å²) in [6, 6.07) is 7.28. The number of hydrogen-bond donors (Lipinski definition) is 3. The van der Waals surface area contributed by atoms with Gasteiger partial charge in [0.1, 0.15) is 5.82 Å². The van der Waals surface area contributed by atoms with E-state index in [0.717, 1.165) is 19.5 Å². The molecule has 0 bridgehead atoms. The number of fused-ring (bicyclic) bond motifs is 1. The number of aromatic nitrogens is 2. The molecule has 0 aliphatic rings. The number of para-hydroxylation sites is 1. The van der Waals surface area contributed by atoms with Gasteiger partial charge < -0.3 is 15.6 Å². The van der Waals surface area contributed by atoms with Crippen LogP contribution in [0.5, 0.6) is 0 Å². The van der Waals surface area contributed by atoms with Gasteiger partial charge in [-0.2, -0.15) is 11.8 Å². The Hall–Kier alpha value is -1.86. The van der Waals surface area contributed by atoms with Crippen molar-refractivity contribution >= 4 is 28.6 Å². The lowest BCUT2D eigenvalue weighted by Crippen LogP contribution is -2.32. The summed E-state index contributed by atoms with van der Waals surface area (Å²) in [5, 5.41) is 6.72. The van der Waals surface area contributed by atoms with E-state index in [1.54, 1.807) is 17.8 Å². The van der Waals surface area contributed by atoms with Crippen molar-refractivity contribution < 1.29 is 4.79 Å². The van der Waals surface area contributed by atoms with Gasteiger partial charge in [0.2, 0.25) is 5.91 Å². The third-order valence-corrected chi connectivity index (χ3v) is 4.40. The maximum absolute atomic E-state index is 12.0. The molecule has 0 aliphatic heterocycles. The Morgan fingerprint density at radius 1 is 1.25 bits per heavy atom. The molecule has 1 amide bonds. The van der Waals surface area contributed by atoms with Gasteiger partial charge in [0.15, 0.2) is 0 Å². The zero-order chi connectivity index (χ0) is 17.2. The largest absolute Gasteiger partial charge is 0.355 e. The van der Waals surface area contributed by atoms with Crippen molar-refractivity contribution in [1.82, 2.24) is 20.6 Å². The minimum atomic E-state index is -0.117. The van der Waals surface area contributed by atoms with Crippen LogP contribution in [0.4, 0.5) is 0 Å². The van der Waals surface area contributed by atoms with Gasteiger partial charge in [0.25, 0.3) is 5.56 Å². The summed E-state index contributed by atoms with van der Waals surface area (Å²) in [6.07, 6.45) is 1.56. The number of benzene rings is 1. The van der Waals surface area contributed by atoms with E-state index >= 15 is 0 Å². The molecule has 0 radical (unpaired) electrons. The number of nitrogens with one attached hydrogen (secondary N) is 3. The normalized spacial score (nSPS) is 10.9. The molecule has 2 rings (SSSR count). The van der Waals surface area contributed by atoms with Crippen LogP contribution < -0.4 is 16.2 Å². The molecule has 1 heterocycles. The molecule has 0 atom stereocenters. The fraction of sp³-hybridized carbons (Fsp3) is 0.471. The molecule has 0 aliphatic carbocycles. The number of carbonyl (C=O) groups is 1. The average Bonchev–Trinajstić information content (AvgIpc) is 2.59. The number of nitrogens with zero attached hydrogens (tertiary/aromatic N) is 1. The van der Waals surface area contributed by atoms with Crippen LogP contribution in [0.25, 0.3) is 10.9 Å². The van der Waals surface area contributed by atoms with Gasteiger partial charge in [0, 0.05) is 25.3 Å². The lowest BCUT2D eigenvalue weighted by Gasteiger charge is -2.06. The fourth-order valence-electron chi connectivity index (χ4n) is 2.22. The van der Waals surface area contributed by atoms with Crippen molar-refractivity contribution in [2.75, 3.05) is 25.4 Å². The Morgan fingerprint density at radius 3 is 2.92 bits per heavy atom. The van der Waals surface area contributed by atoms with E-state index in [4.69, 9.17) is 0 Å². The summed E-state index contributed by atoms with van der Waals surface area (Å²) in [5.41, 5.74) is 0.586. The molecule has 130 valence electrons. The smallest absolute Gasteiger partial charge is 0.258 e. The Bertz CT molecular complexity index is 717. The molecule has 24 heavy (non-hydrogen) atoms. The molecule has 0 spiro atoms. The second kappa shape index (κ2) is 10.1. The molecule has 1 aromatic heterocycles. The van der Waals surface area contributed by atoms with Gasteiger partial charge in [0.05, 0.1) is 16.7 Å². The van der Waals surface area contributed by atoms with Crippen molar-refractivity contribution in [3.05, 3.63) is 40.4 Å². The van der Waals surface area contributed by atoms with E-state index in [9.17, 15) is 9.59 Å². The molecule has 1 aromatic carbocycles. The zero-order valence-corrected chi connectivity index (χ0v) is 14.7. The lowest BCUT2D eigenvalue weighted by atomic mass is 10.2. The third kappa shape index (κ3) is 5.98. The highest BCUT2D eigenvalue weighted by atomic mass is 32.2. The van der Waals surface area contributed by atoms with Crippen molar-refractivity contribution in [1.29, 1.82) is 0 Å². The van der Waals surface area contributed by atoms with Crippen LogP contribution in [0.15, 0.2) is 29.1 Å². The van der Waals surface area contributed by atoms with Crippen molar-refractivity contribution in [3.8, 4) is 0 Å². The molecule has 2 aromatic rings. The van der Waals surface area contributed by atoms with E-state index in [1.165, 1.54) is 0 Å². The predicted octanol–water partition coefficient (Wildman–Crippen LogP) is 1.66. The highest BCUT2D eigenvalue weighted by Gasteiger charge is 2.05. The van der Waals surface area contributed by atoms with E-state index in [2.05, 4.69) is 27.5 Å². The first-order valence-corrected chi connectivity index (χ1v) is 9.39. The Labute approximate surface area is 145 Å². The Morgan fingerprint density at radius 2 is 2.08 bits per heavy atom. The predicted molar refractivity (Wildman–Crippen MR) is 99.3 cm³/mol. The van der Waals surface area contributed by atoms with Crippen molar-refractivity contribution in [3.63, 3.8) is 0 Å². The SMILES string of the molecule is CCCNCCNC(=O)CCSCc1nc2ccccc2c(=O)[nH]1. The van der Waals surface area contributed by atoms with Crippen LogP contribution >= 0.6 is 11.8 Å². The zero-order valence-electron chi connectivity index (χ0n) is 13.9. The van der Waals surface area contributed by atoms with Crippen LogP contribution in [0, 0.1) is 0 Å². The molecular weight excluding hydrogens is 324 g/mol. The van der Waals surface area contributed by atoms with Gasteiger partial charge in [-0.3, -0.25) is 9.59 Å². The minimum absolute atomic E-state index is 0.0563. The third-order valence-electron chi connectivity index (χ3n) is 3.42. The number of carbonyl (C=O) groups excluding carboxylic acids is 1. The van der Waals surface area contributed by atoms with E-state index in [0.29, 0.717) is 41.2 Å². The molecule has 0 unspecified atom stereocenters. The van der Waals surface area contributed by atoms with Crippen LogP contribution in [-0.2, 0) is 10.5 Å². The van der Waals surface area contributed by atoms with Crippen LogP contribution in [0.1, 0.15) is 25.6 Å². The highest BCUT2D eigenvalue weighted by Crippen LogP contribution is 2.11. The van der Waals surface area contributed by atoms with Crippen LogP contribution in [-0.4, -0.2) is 41.3 Å². The van der Waals surface area contributed by atoms with E-state index in [1.807, 2.05) is 18.2 Å². The summed E-state index contributed by atoms with van der Waals surface area (Å²) in [4.78, 5) is 30.9. The molecule has 6 nitrogen and oxygen atoms in total. The minimum Gasteiger partial charge on any atom is -0.355 e. The van der Waals surface area contributed by atoms with Crippen LogP contribution in [0.3, 0.4) is 0 Å². The van der Waals surface area contributed by atoms with E-state index < -0.39 is 0 Å². The second-order valence-electron chi connectivity index (χ2n) is 5.43. The van der Waals surface area contributed by atoms with Crippen LogP contribution in [0.2, 0.25) is 0 Å². The standard InChI is InChI=1S/C17H24N4O2S/c1-2-8-18-9-10-19-16(22)7-11-24-12-15-20-14-6-4-3-5-13(14)17(23)21-15/h3-6,18H,2,7-12H2,1H3,(H,19,22)(H,20,21,23). The molecule has 3 N–H and O–H groups in total. The highest BCUT2D eigenvalue weighted by molar-refractivity contribution is 7.98. The number of thioether (sulfide) groups is 1. The van der Waals surface area contributed by atoms with E-state index in [-0.39, 0.29) is 11.5 Å². The summed E-state index contributed by atoms with van der Waals surface area (Å²) in [7, 11) is 0. The molecule has 0 saturated heterocycles. The average molecular weight is 348 g/mol. The summed E-state index contributed by atoms with van der Waals surface area (Å²) in [6.45, 7) is 4.54. The summed E-state index contributed by atoms with van der Waals surface area (Å²) in [5.74, 6) is 1.99. The van der Waals surface area contributed by atoms with Gasteiger partial charge in [-0.25, -0.2) is 4.98 Å². The number of hydrogen-bond acceptors (Lipinski definition) is 5. The first-order valence-electron chi connectivity index (χ1n) is 8.24. The first-order chi connectivity index (χ1) is 11.7. The quantitative estimate of drug-likeness (QED) is 0.569. The Balaban J connectivity index is 1.69. The molecule has 7 heteroatoms. The molecule has 0 saturated carbocycles. The second-order valence-corrected chi connectivity index (χ2v) is 6.54. The maximum Gasteiger partial charge on any atom is 0.258 e. The maximum atomic E-state index is 12.0. The number of aromatic amines is 1. The van der Waals surface area contributed by atoms with Gasteiger partial charge in [-0.1, -0.05) is 19.1 Å². The van der Waals surface area contributed by atoms with Crippen molar-refractivity contribution in [2.24, 2.45) is 0 Å². The number of rotatable bonds is 10.